The average Bonchev–Trinajstić information content (AvgIpc) is 2.87. The van der Waals surface area contributed by atoms with Crippen molar-refractivity contribution in [3.05, 3.63) is 35.1 Å². The second-order valence-corrected chi connectivity index (χ2v) is 5.26. The lowest BCUT2D eigenvalue weighted by atomic mass is 9.99. The minimum atomic E-state index is -0.812. The summed E-state index contributed by atoms with van der Waals surface area (Å²) >= 11 is 5.77. The summed E-state index contributed by atoms with van der Waals surface area (Å²) in [5.41, 5.74) is 2.36. The molecule has 1 aliphatic carbocycles. The first kappa shape index (κ1) is 11.5. The number of fused-ring (bicyclic) bond motifs is 1. The fourth-order valence-electron chi connectivity index (χ4n) is 2.85. The number of likely N-dealkylation sites (tertiary alicyclic amines) is 1. The van der Waals surface area contributed by atoms with E-state index >= 15 is 0 Å². The van der Waals surface area contributed by atoms with E-state index in [4.69, 9.17) is 16.7 Å². The Morgan fingerprint density at radius 1 is 1.44 bits per heavy atom. The third kappa shape index (κ3) is 1.97. The Hall–Kier alpha value is -1.55. The van der Waals surface area contributed by atoms with E-state index in [1.165, 1.54) is 10.5 Å². The van der Waals surface area contributed by atoms with Crippen molar-refractivity contribution in [1.82, 2.24) is 9.88 Å². The van der Waals surface area contributed by atoms with E-state index in [0.717, 1.165) is 12.0 Å². The van der Waals surface area contributed by atoms with Crippen molar-refractivity contribution in [2.24, 2.45) is 11.8 Å². The van der Waals surface area contributed by atoms with Gasteiger partial charge in [0.05, 0.1) is 0 Å². The Balaban J connectivity index is 1.77. The third-order valence-corrected chi connectivity index (χ3v) is 3.98. The standard InChI is InChI=1S/C13H13ClN2O2/c14-12-2-1-8(5-15-12)9-3-10-6-16(13(17)18)7-11(10)4-9/h1-3,5,10-11H,4,6-7H2,(H,17,18)/t10-,11+/m1/s1. The van der Waals surface area contributed by atoms with Crippen LogP contribution in [0, 0.1) is 11.8 Å². The summed E-state index contributed by atoms with van der Waals surface area (Å²) in [5.74, 6) is 0.776. The van der Waals surface area contributed by atoms with E-state index in [2.05, 4.69) is 11.1 Å². The molecule has 0 bridgehead atoms. The summed E-state index contributed by atoms with van der Waals surface area (Å²) in [6, 6.07) is 3.76. The van der Waals surface area contributed by atoms with Crippen LogP contribution in [0.5, 0.6) is 0 Å². The summed E-state index contributed by atoms with van der Waals surface area (Å²) < 4.78 is 0. The predicted octanol–water partition coefficient (Wildman–Crippen LogP) is 2.75. The zero-order valence-electron chi connectivity index (χ0n) is 9.71. The van der Waals surface area contributed by atoms with Crippen molar-refractivity contribution < 1.29 is 9.90 Å². The number of hydrogen-bond acceptors (Lipinski definition) is 2. The molecule has 0 spiro atoms. The second kappa shape index (κ2) is 4.28. The van der Waals surface area contributed by atoms with Crippen molar-refractivity contribution in [3.8, 4) is 0 Å². The molecule has 1 saturated heterocycles. The van der Waals surface area contributed by atoms with Crippen LogP contribution in [0.2, 0.25) is 5.15 Å². The lowest BCUT2D eigenvalue weighted by Crippen LogP contribution is -2.27. The van der Waals surface area contributed by atoms with Crippen LogP contribution in [0.25, 0.3) is 5.57 Å². The number of carboxylic acid groups (broad SMARTS) is 1. The van der Waals surface area contributed by atoms with Crippen molar-refractivity contribution in [1.29, 1.82) is 0 Å². The molecule has 1 N–H and O–H groups in total. The fraction of sp³-hybridized carbons (Fsp3) is 0.385. The zero-order chi connectivity index (χ0) is 12.7. The highest BCUT2D eigenvalue weighted by molar-refractivity contribution is 6.29. The monoisotopic (exact) mass is 264 g/mol. The molecule has 1 fully saturated rings. The molecule has 1 aromatic rings. The van der Waals surface area contributed by atoms with Gasteiger partial charge in [-0.05, 0) is 35.5 Å². The number of nitrogens with zero attached hydrogens (tertiary/aromatic N) is 2. The van der Waals surface area contributed by atoms with E-state index in [1.807, 2.05) is 6.07 Å². The minimum absolute atomic E-state index is 0.353. The van der Waals surface area contributed by atoms with Crippen LogP contribution >= 0.6 is 11.6 Å². The number of hydrogen-bond donors (Lipinski definition) is 1. The largest absolute Gasteiger partial charge is 0.465 e. The molecular formula is C13H13ClN2O2. The molecule has 0 aromatic carbocycles. The molecule has 1 aromatic heterocycles. The maximum Gasteiger partial charge on any atom is 0.407 e. The van der Waals surface area contributed by atoms with Crippen LogP contribution in [0.15, 0.2) is 24.4 Å². The Labute approximate surface area is 110 Å². The number of allylic oxidation sites excluding steroid dienone is 1. The Morgan fingerprint density at radius 3 is 2.89 bits per heavy atom. The van der Waals surface area contributed by atoms with Gasteiger partial charge in [-0.25, -0.2) is 9.78 Å². The van der Waals surface area contributed by atoms with Crippen molar-refractivity contribution in [2.45, 2.75) is 6.42 Å². The van der Waals surface area contributed by atoms with Gasteiger partial charge in [0.2, 0.25) is 0 Å². The summed E-state index contributed by atoms with van der Waals surface area (Å²) in [6.45, 7) is 1.26. The van der Waals surface area contributed by atoms with Crippen LogP contribution in [0.4, 0.5) is 4.79 Å². The topological polar surface area (TPSA) is 53.4 Å². The molecule has 5 heteroatoms. The van der Waals surface area contributed by atoms with E-state index in [-0.39, 0.29) is 0 Å². The number of halogens is 1. The quantitative estimate of drug-likeness (QED) is 0.794. The number of amides is 1. The van der Waals surface area contributed by atoms with Gasteiger partial charge in [0.1, 0.15) is 5.15 Å². The number of carbonyl (C=O) groups is 1. The first-order chi connectivity index (χ1) is 8.63. The summed E-state index contributed by atoms with van der Waals surface area (Å²) in [5, 5.41) is 9.46. The van der Waals surface area contributed by atoms with Gasteiger partial charge in [-0.1, -0.05) is 23.7 Å². The predicted molar refractivity (Wildman–Crippen MR) is 68.4 cm³/mol. The van der Waals surface area contributed by atoms with Crippen LogP contribution < -0.4 is 0 Å². The molecule has 2 atom stereocenters. The minimum Gasteiger partial charge on any atom is -0.465 e. The van der Waals surface area contributed by atoms with E-state index < -0.39 is 6.09 Å². The van der Waals surface area contributed by atoms with Gasteiger partial charge < -0.3 is 10.0 Å². The maximum absolute atomic E-state index is 10.9. The van der Waals surface area contributed by atoms with Crippen molar-refractivity contribution in [3.63, 3.8) is 0 Å². The fourth-order valence-corrected chi connectivity index (χ4v) is 2.96. The third-order valence-electron chi connectivity index (χ3n) is 3.76. The smallest absolute Gasteiger partial charge is 0.407 e. The highest BCUT2D eigenvalue weighted by Gasteiger charge is 2.38. The molecule has 2 heterocycles. The summed E-state index contributed by atoms with van der Waals surface area (Å²) in [7, 11) is 0. The highest BCUT2D eigenvalue weighted by Crippen LogP contribution is 2.40. The maximum atomic E-state index is 10.9. The molecule has 3 rings (SSSR count). The van der Waals surface area contributed by atoms with E-state index in [0.29, 0.717) is 30.1 Å². The van der Waals surface area contributed by atoms with Gasteiger partial charge in [-0.3, -0.25) is 0 Å². The molecule has 0 saturated carbocycles. The Morgan fingerprint density at radius 2 is 2.28 bits per heavy atom. The zero-order valence-corrected chi connectivity index (χ0v) is 10.5. The van der Waals surface area contributed by atoms with Gasteiger partial charge in [-0.15, -0.1) is 0 Å². The van der Waals surface area contributed by atoms with Crippen molar-refractivity contribution >= 4 is 23.3 Å². The molecule has 94 valence electrons. The van der Waals surface area contributed by atoms with Gasteiger partial charge in [0.15, 0.2) is 0 Å². The molecular weight excluding hydrogens is 252 g/mol. The first-order valence-electron chi connectivity index (χ1n) is 5.94. The SMILES string of the molecule is O=C(O)N1C[C@@H]2CC(c3ccc(Cl)nc3)=C[C@@H]2C1. The molecule has 0 unspecified atom stereocenters. The van der Waals surface area contributed by atoms with E-state index in [1.54, 1.807) is 12.3 Å². The van der Waals surface area contributed by atoms with Gasteiger partial charge in [0.25, 0.3) is 0 Å². The average molecular weight is 265 g/mol. The Bertz CT molecular complexity index is 512. The molecule has 1 amide bonds. The molecule has 0 radical (unpaired) electrons. The van der Waals surface area contributed by atoms with Crippen LogP contribution in [0.3, 0.4) is 0 Å². The van der Waals surface area contributed by atoms with E-state index in [9.17, 15) is 4.79 Å². The lowest BCUT2D eigenvalue weighted by Gasteiger charge is -2.12. The first-order valence-corrected chi connectivity index (χ1v) is 6.32. The Kier molecular flexibility index (Phi) is 2.74. The van der Waals surface area contributed by atoms with Crippen LogP contribution in [-0.4, -0.2) is 34.2 Å². The summed E-state index contributed by atoms with van der Waals surface area (Å²) in [6.07, 6.45) is 4.09. The molecule has 4 nitrogen and oxygen atoms in total. The van der Waals surface area contributed by atoms with Crippen LogP contribution in [-0.2, 0) is 0 Å². The molecule has 18 heavy (non-hydrogen) atoms. The van der Waals surface area contributed by atoms with Gasteiger partial charge >= 0.3 is 6.09 Å². The second-order valence-electron chi connectivity index (χ2n) is 4.88. The van der Waals surface area contributed by atoms with Gasteiger partial charge in [0, 0.05) is 19.3 Å². The van der Waals surface area contributed by atoms with Crippen LogP contribution in [0.1, 0.15) is 12.0 Å². The number of aromatic nitrogens is 1. The molecule has 2 aliphatic rings. The normalized spacial score (nSPS) is 26.1. The highest BCUT2D eigenvalue weighted by atomic mass is 35.5. The van der Waals surface area contributed by atoms with Gasteiger partial charge in [-0.2, -0.15) is 0 Å². The van der Waals surface area contributed by atoms with Crippen molar-refractivity contribution in [2.75, 3.05) is 13.1 Å². The molecule has 1 aliphatic heterocycles. The summed E-state index contributed by atoms with van der Waals surface area (Å²) in [4.78, 5) is 16.5. The number of pyridine rings is 1. The number of rotatable bonds is 1. The lowest BCUT2D eigenvalue weighted by molar-refractivity contribution is 0.153.